The number of thioether (sulfide) groups is 1. The lowest BCUT2D eigenvalue weighted by atomic mass is 10.2. The van der Waals surface area contributed by atoms with Crippen molar-refractivity contribution in [3.8, 4) is 0 Å². The first-order valence-electron chi connectivity index (χ1n) is 8.56. The molecule has 0 radical (unpaired) electrons. The first kappa shape index (κ1) is 18.9. The molecule has 0 spiro atoms. The number of carbonyl (C=O) groups is 1. The normalized spacial score (nSPS) is 10.9. The Kier molecular flexibility index (Phi) is 5.62. The summed E-state index contributed by atoms with van der Waals surface area (Å²) < 4.78 is 0.944. The van der Waals surface area contributed by atoms with Gasteiger partial charge in [0.2, 0.25) is 0 Å². The Bertz CT molecular complexity index is 1130. The third kappa shape index (κ3) is 3.90. The zero-order valence-corrected chi connectivity index (χ0v) is 17.4. The van der Waals surface area contributed by atoms with E-state index in [1.54, 1.807) is 28.9 Å². The largest absolute Gasteiger partial charge is 0.278 e. The fourth-order valence-corrected chi connectivity index (χ4v) is 4.68. The van der Waals surface area contributed by atoms with Crippen molar-refractivity contribution < 1.29 is 4.79 Å². The lowest BCUT2D eigenvalue weighted by Gasteiger charge is -2.20. The summed E-state index contributed by atoms with van der Waals surface area (Å²) in [6.07, 6.45) is 3.70. The van der Waals surface area contributed by atoms with Crippen molar-refractivity contribution in [1.29, 1.82) is 0 Å². The van der Waals surface area contributed by atoms with Crippen LogP contribution in [0.4, 0.5) is 5.13 Å². The van der Waals surface area contributed by atoms with E-state index in [1.807, 2.05) is 60.9 Å². The first-order valence-corrected chi connectivity index (χ1v) is 11.0. The molecule has 2 heterocycles. The summed E-state index contributed by atoms with van der Waals surface area (Å²) in [5, 5.41) is 1.28. The highest BCUT2D eigenvalue weighted by molar-refractivity contribution is 7.98. The molecule has 0 aliphatic heterocycles. The van der Waals surface area contributed by atoms with Crippen LogP contribution in [-0.4, -0.2) is 22.1 Å². The maximum absolute atomic E-state index is 13.5. The van der Waals surface area contributed by atoms with Gasteiger partial charge in [0.15, 0.2) is 5.13 Å². The van der Waals surface area contributed by atoms with Crippen LogP contribution in [0.25, 0.3) is 10.2 Å². The molecule has 7 heteroatoms. The molecule has 4 aromatic rings. The third-order valence-electron chi connectivity index (χ3n) is 4.20. The number of pyridine rings is 1. The van der Waals surface area contributed by atoms with Crippen molar-refractivity contribution in [1.82, 2.24) is 9.97 Å². The number of thiazole rings is 1. The van der Waals surface area contributed by atoms with Crippen LogP contribution >= 0.6 is 34.7 Å². The van der Waals surface area contributed by atoms with Gasteiger partial charge in [-0.3, -0.25) is 14.7 Å². The average Bonchev–Trinajstić information content (AvgIpc) is 3.15. The van der Waals surface area contributed by atoms with E-state index in [9.17, 15) is 4.79 Å². The number of carbonyl (C=O) groups excluding carboxylic acids is 1. The molecule has 0 saturated heterocycles. The summed E-state index contributed by atoms with van der Waals surface area (Å²) in [5.74, 6) is -0.0965. The summed E-state index contributed by atoms with van der Waals surface area (Å²) in [7, 11) is 0. The quantitative estimate of drug-likeness (QED) is 0.372. The van der Waals surface area contributed by atoms with Crippen LogP contribution in [0.3, 0.4) is 0 Å². The number of rotatable bonds is 5. The van der Waals surface area contributed by atoms with Crippen molar-refractivity contribution in [2.24, 2.45) is 0 Å². The van der Waals surface area contributed by atoms with Gasteiger partial charge in [-0.05, 0) is 48.7 Å². The summed E-state index contributed by atoms with van der Waals surface area (Å²) in [4.78, 5) is 25.2. The predicted molar refractivity (Wildman–Crippen MR) is 118 cm³/mol. The fraction of sp³-hybridized carbons (Fsp3) is 0.0952. The molecule has 0 atom stereocenters. The second kappa shape index (κ2) is 8.31. The van der Waals surface area contributed by atoms with Gasteiger partial charge in [-0.25, -0.2) is 4.98 Å². The molecule has 0 bridgehead atoms. The van der Waals surface area contributed by atoms with Crippen LogP contribution < -0.4 is 4.90 Å². The van der Waals surface area contributed by atoms with Crippen LogP contribution in [0, 0.1) is 0 Å². The minimum Gasteiger partial charge on any atom is -0.278 e. The predicted octanol–water partition coefficient (Wildman–Crippen LogP) is 5.91. The van der Waals surface area contributed by atoms with E-state index >= 15 is 0 Å². The molecule has 0 aliphatic carbocycles. The molecule has 140 valence electrons. The smallest absolute Gasteiger partial charge is 0.261 e. The fourth-order valence-electron chi connectivity index (χ4n) is 2.85. The minimum absolute atomic E-state index is 0.0965. The number of hydrogen-bond acceptors (Lipinski definition) is 5. The SMILES string of the molecule is CSc1ccccc1C(=O)N(Cc1ccccn1)c1nc2ccc(Cl)cc2s1. The minimum atomic E-state index is -0.0965. The van der Waals surface area contributed by atoms with Crippen LogP contribution in [0.15, 0.2) is 71.8 Å². The number of halogens is 1. The zero-order chi connectivity index (χ0) is 19.5. The first-order chi connectivity index (χ1) is 13.7. The Morgan fingerprint density at radius 2 is 1.96 bits per heavy atom. The zero-order valence-electron chi connectivity index (χ0n) is 15.0. The van der Waals surface area contributed by atoms with Gasteiger partial charge < -0.3 is 0 Å². The van der Waals surface area contributed by atoms with Crippen molar-refractivity contribution in [3.63, 3.8) is 0 Å². The monoisotopic (exact) mass is 425 g/mol. The highest BCUT2D eigenvalue weighted by Crippen LogP contribution is 2.33. The van der Waals surface area contributed by atoms with Gasteiger partial charge in [0.05, 0.1) is 28.0 Å². The van der Waals surface area contributed by atoms with Gasteiger partial charge in [0.25, 0.3) is 5.91 Å². The summed E-state index contributed by atoms with van der Waals surface area (Å²) in [6, 6.07) is 18.9. The molecular formula is C21H16ClN3OS2. The maximum Gasteiger partial charge on any atom is 0.261 e. The number of amides is 1. The molecule has 2 aromatic heterocycles. The lowest BCUT2D eigenvalue weighted by Crippen LogP contribution is -2.31. The highest BCUT2D eigenvalue weighted by atomic mass is 35.5. The van der Waals surface area contributed by atoms with Crippen molar-refractivity contribution in [3.05, 3.63) is 83.1 Å². The highest BCUT2D eigenvalue weighted by Gasteiger charge is 2.24. The standard InChI is InChI=1S/C21H16ClN3OS2/c1-27-18-8-3-2-7-16(18)20(26)25(13-15-6-4-5-11-23-15)21-24-17-10-9-14(22)12-19(17)28-21/h2-12H,13H2,1H3. The molecule has 0 aliphatic rings. The van der Waals surface area contributed by atoms with E-state index in [2.05, 4.69) is 9.97 Å². The van der Waals surface area contributed by atoms with E-state index < -0.39 is 0 Å². The number of anilines is 1. The second-order valence-electron chi connectivity index (χ2n) is 6.02. The summed E-state index contributed by atoms with van der Waals surface area (Å²) in [5.41, 5.74) is 2.28. The van der Waals surface area contributed by atoms with Crippen LogP contribution in [0.1, 0.15) is 16.1 Å². The van der Waals surface area contributed by atoms with Crippen LogP contribution in [0.2, 0.25) is 5.02 Å². The molecule has 4 nitrogen and oxygen atoms in total. The Morgan fingerprint density at radius 3 is 2.75 bits per heavy atom. The molecule has 4 rings (SSSR count). The van der Waals surface area contributed by atoms with Crippen molar-refractivity contribution in [2.75, 3.05) is 11.2 Å². The summed E-state index contributed by atoms with van der Waals surface area (Å²) >= 11 is 9.12. The number of aromatic nitrogens is 2. The second-order valence-corrected chi connectivity index (χ2v) is 8.31. The van der Waals surface area contributed by atoms with E-state index in [-0.39, 0.29) is 5.91 Å². The molecule has 0 fully saturated rings. The van der Waals surface area contributed by atoms with E-state index in [1.165, 1.54) is 11.3 Å². The molecule has 0 unspecified atom stereocenters. The Morgan fingerprint density at radius 1 is 1.14 bits per heavy atom. The molecule has 2 aromatic carbocycles. The van der Waals surface area contributed by atoms with E-state index in [0.29, 0.717) is 22.3 Å². The van der Waals surface area contributed by atoms with E-state index in [4.69, 9.17) is 11.6 Å². The van der Waals surface area contributed by atoms with Gasteiger partial charge in [0, 0.05) is 16.1 Å². The number of benzene rings is 2. The van der Waals surface area contributed by atoms with Crippen molar-refractivity contribution >= 4 is 56.0 Å². The van der Waals surface area contributed by atoms with Crippen LogP contribution in [-0.2, 0) is 6.54 Å². The van der Waals surface area contributed by atoms with Gasteiger partial charge in [-0.15, -0.1) is 11.8 Å². The van der Waals surface area contributed by atoms with Gasteiger partial charge in [-0.2, -0.15) is 0 Å². The summed E-state index contributed by atoms with van der Waals surface area (Å²) in [6.45, 7) is 0.343. The number of hydrogen-bond donors (Lipinski definition) is 0. The molecule has 0 N–H and O–H groups in total. The number of fused-ring (bicyclic) bond motifs is 1. The van der Waals surface area contributed by atoms with Crippen molar-refractivity contribution in [2.45, 2.75) is 11.4 Å². The third-order valence-corrected chi connectivity index (χ3v) is 6.27. The van der Waals surface area contributed by atoms with E-state index in [0.717, 1.165) is 20.8 Å². The maximum atomic E-state index is 13.5. The van der Waals surface area contributed by atoms with Gasteiger partial charge in [-0.1, -0.05) is 41.1 Å². The Labute approximate surface area is 176 Å². The molecular weight excluding hydrogens is 410 g/mol. The van der Waals surface area contributed by atoms with Gasteiger partial charge in [0.1, 0.15) is 0 Å². The molecule has 28 heavy (non-hydrogen) atoms. The molecule has 0 saturated carbocycles. The topological polar surface area (TPSA) is 46.1 Å². The lowest BCUT2D eigenvalue weighted by molar-refractivity contribution is 0.0982. The average molecular weight is 426 g/mol. The van der Waals surface area contributed by atoms with Gasteiger partial charge >= 0.3 is 0 Å². The van der Waals surface area contributed by atoms with Crippen LogP contribution in [0.5, 0.6) is 0 Å². The molecule has 1 amide bonds. The Balaban J connectivity index is 1.79. The number of nitrogens with zero attached hydrogens (tertiary/aromatic N) is 3. The Hall–Kier alpha value is -2.41.